The monoisotopic (exact) mass is 449 g/mol. The number of rotatable bonds is 12. The Hall–Kier alpha value is -2.97. The molecule has 0 heterocycles. The van der Waals surface area contributed by atoms with Crippen molar-refractivity contribution in [3.8, 4) is 11.5 Å². The van der Waals surface area contributed by atoms with Crippen LogP contribution in [0.3, 0.4) is 0 Å². The second kappa shape index (κ2) is 12.8. The van der Waals surface area contributed by atoms with Crippen LogP contribution in [0.5, 0.6) is 11.5 Å². The molecule has 8 heteroatoms. The SMILES string of the molecule is C/C=C\c1ccc(OC[C@H](O)CN(CCC(=O)OC)Cc2cccc(F)c2F)c(OC)c1. The van der Waals surface area contributed by atoms with Gasteiger partial charge < -0.3 is 19.3 Å². The summed E-state index contributed by atoms with van der Waals surface area (Å²) in [5.41, 5.74) is 1.08. The minimum absolute atomic E-state index is 0.0129. The van der Waals surface area contributed by atoms with Crippen LogP contribution >= 0.6 is 0 Å². The van der Waals surface area contributed by atoms with Crippen molar-refractivity contribution in [3.05, 3.63) is 65.2 Å². The number of benzene rings is 2. The van der Waals surface area contributed by atoms with Crippen molar-refractivity contribution in [2.45, 2.75) is 26.0 Å². The fourth-order valence-electron chi connectivity index (χ4n) is 3.13. The lowest BCUT2D eigenvalue weighted by Gasteiger charge is -2.25. The van der Waals surface area contributed by atoms with E-state index in [-0.39, 0.29) is 38.2 Å². The molecule has 0 amide bonds. The van der Waals surface area contributed by atoms with Crippen LogP contribution in [-0.2, 0) is 16.1 Å². The molecule has 32 heavy (non-hydrogen) atoms. The molecule has 2 aromatic rings. The molecule has 0 aliphatic rings. The van der Waals surface area contributed by atoms with Gasteiger partial charge in [-0.1, -0.05) is 30.4 Å². The van der Waals surface area contributed by atoms with Crippen molar-refractivity contribution in [1.82, 2.24) is 4.90 Å². The maximum Gasteiger partial charge on any atom is 0.306 e. The van der Waals surface area contributed by atoms with Gasteiger partial charge in [0, 0.05) is 25.2 Å². The van der Waals surface area contributed by atoms with E-state index >= 15 is 0 Å². The van der Waals surface area contributed by atoms with Crippen LogP contribution in [0.4, 0.5) is 8.78 Å². The number of carbonyl (C=O) groups is 1. The van der Waals surface area contributed by atoms with E-state index in [0.29, 0.717) is 11.5 Å². The van der Waals surface area contributed by atoms with Gasteiger partial charge in [-0.2, -0.15) is 0 Å². The van der Waals surface area contributed by atoms with E-state index in [0.717, 1.165) is 11.6 Å². The maximum absolute atomic E-state index is 14.1. The lowest BCUT2D eigenvalue weighted by molar-refractivity contribution is -0.141. The highest BCUT2D eigenvalue weighted by Gasteiger charge is 2.18. The third kappa shape index (κ3) is 7.62. The number of ether oxygens (including phenoxy) is 3. The fraction of sp³-hybridized carbons (Fsp3) is 0.375. The number of aliphatic hydroxyl groups is 1. The van der Waals surface area contributed by atoms with Crippen LogP contribution in [0, 0.1) is 11.6 Å². The number of aliphatic hydroxyl groups excluding tert-OH is 1. The summed E-state index contributed by atoms with van der Waals surface area (Å²) in [6.07, 6.45) is 2.92. The van der Waals surface area contributed by atoms with Gasteiger partial charge in [0.05, 0.1) is 20.6 Å². The van der Waals surface area contributed by atoms with Crippen LogP contribution in [0.15, 0.2) is 42.5 Å². The highest BCUT2D eigenvalue weighted by atomic mass is 19.2. The van der Waals surface area contributed by atoms with E-state index in [2.05, 4.69) is 4.74 Å². The average Bonchev–Trinajstić information content (AvgIpc) is 2.79. The predicted molar refractivity (Wildman–Crippen MR) is 117 cm³/mol. The summed E-state index contributed by atoms with van der Waals surface area (Å²) in [6, 6.07) is 9.34. The molecule has 0 aliphatic carbocycles. The van der Waals surface area contributed by atoms with Gasteiger partial charge in [0.2, 0.25) is 0 Å². The van der Waals surface area contributed by atoms with E-state index in [4.69, 9.17) is 9.47 Å². The van der Waals surface area contributed by atoms with Gasteiger partial charge in [-0.05, 0) is 30.7 Å². The number of nitrogens with zero attached hydrogens (tertiary/aromatic N) is 1. The summed E-state index contributed by atoms with van der Waals surface area (Å²) in [6.45, 7) is 2.14. The number of hydrogen-bond acceptors (Lipinski definition) is 6. The lowest BCUT2D eigenvalue weighted by atomic mass is 10.1. The zero-order valence-corrected chi connectivity index (χ0v) is 18.5. The standard InChI is InChI=1S/C24H29F2NO5/c1-4-6-17-9-10-21(22(13-17)30-2)32-16-19(28)15-27(12-11-23(29)31-3)14-18-7-5-8-20(25)24(18)26/h4-10,13,19,28H,11-12,14-16H2,1-3H3/b6-4-/t19-/m1/s1. The van der Waals surface area contributed by atoms with Crippen LogP contribution in [0.1, 0.15) is 24.5 Å². The summed E-state index contributed by atoms with van der Waals surface area (Å²) in [5, 5.41) is 10.5. The van der Waals surface area contributed by atoms with Crippen molar-refractivity contribution in [1.29, 1.82) is 0 Å². The van der Waals surface area contributed by atoms with Crippen molar-refractivity contribution in [3.63, 3.8) is 0 Å². The molecule has 0 radical (unpaired) electrons. The third-order valence-corrected chi connectivity index (χ3v) is 4.73. The molecular weight excluding hydrogens is 420 g/mol. The Kier molecular flexibility index (Phi) is 10.1. The summed E-state index contributed by atoms with van der Waals surface area (Å²) in [7, 11) is 2.80. The molecule has 0 saturated heterocycles. The number of halogens is 2. The van der Waals surface area contributed by atoms with Crippen molar-refractivity contribution in [2.75, 3.05) is 33.9 Å². The van der Waals surface area contributed by atoms with Gasteiger partial charge in [-0.25, -0.2) is 8.78 Å². The van der Waals surface area contributed by atoms with E-state index in [1.54, 1.807) is 11.0 Å². The van der Waals surface area contributed by atoms with Crippen LogP contribution < -0.4 is 9.47 Å². The van der Waals surface area contributed by atoms with E-state index in [9.17, 15) is 18.7 Å². The molecule has 174 valence electrons. The van der Waals surface area contributed by atoms with Crippen molar-refractivity contribution < 1.29 is 32.9 Å². The zero-order chi connectivity index (χ0) is 23.5. The summed E-state index contributed by atoms with van der Waals surface area (Å²) in [5.74, 6) is -1.35. The van der Waals surface area contributed by atoms with Crippen molar-refractivity contribution in [2.24, 2.45) is 0 Å². The summed E-state index contributed by atoms with van der Waals surface area (Å²) < 4.78 is 43.4. The Morgan fingerprint density at radius 2 is 1.97 bits per heavy atom. The molecule has 0 saturated carbocycles. The van der Waals surface area contributed by atoms with Gasteiger partial charge in [0.25, 0.3) is 0 Å². The molecule has 2 rings (SSSR count). The largest absolute Gasteiger partial charge is 0.493 e. The molecule has 0 spiro atoms. The summed E-state index contributed by atoms with van der Waals surface area (Å²) >= 11 is 0. The van der Waals surface area contributed by atoms with E-state index in [1.807, 2.05) is 31.2 Å². The minimum atomic E-state index is -0.954. The van der Waals surface area contributed by atoms with Gasteiger partial charge >= 0.3 is 5.97 Å². The first-order chi connectivity index (χ1) is 15.4. The predicted octanol–water partition coefficient (Wildman–Crippen LogP) is 3.81. The zero-order valence-electron chi connectivity index (χ0n) is 18.5. The first-order valence-corrected chi connectivity index (χ1v) is 10.2. The molecule has 0 fully saturated rings. The Bertz CT molecular complexity index is 919. The molecule has 0 unspecified atom stereocenters. The fourth-order valence-corrected chi connectivity index (χ4v) is 3.13. The second-order valence-electron chi connectivity index (χ2n) is 7.15. The van der Waals surface area contributed by atoms with Gasteiger partial charge in [0.15, 0.2) is 23.1 Å². The maximum atomic E-state index is 14.1. The van der Waals surface area contributed by atoms with Crippen molar-refractivity contribution >= 4 is 12.0 Å². The molecule has 0 aromatic heterocycles. The molecule has 2 aromatic carbocycles. The first kappa shape index (κ1) is 25.3. The number of carbonyl (C=O) groups excluding carboxylic acids is 1. The molecule has 1 atom stereocenters. The van der Waals surface area contributed by atoms with Crippen LogP contribution in [0.2, 0.25) is 0 Å². The number of esters is 1. The molecular formula is C24H29F2NO5. The number of allylic oxidation sites excluding steroid dienone is 1. The average molecular weight is 449 g/mol. The topological polar surface area (TPSA) is 68.2 Å². The molecule has 1 N–H and O–H groups in total. The van der Waals surface area contributed by atoms with Gasteiger partial charge in [-0.15, -0.1) is 0 Å². The quantitative estimate of drug-likeness (QED) is 0.497. The van der Waals surface area contributed by atoms with E-state index in [1.165, 1.54) is 26.4 Å². The Morgan fingerprint density at radius 3 is 2.66 bits per heavy atom. The smallest absolute Gasteiger partial charge is 0.306 e. The third-order valence-electron chi connectivity index (χ3n) is 4.73. The molecule has 6 nitrogen and oxygen atoms in total. The minimum Gasteiger partial charge on any atom is -0.493 e. The second-order valence-corrected chi connectivity index (χ2v) is 7.15. The summed E-state index contributed by atoms with van der Waals surface area (Å²) in [4.78, 5) is 13.2. The number of hydrogen-bond donors (Lipinski definition) is 1. The van der Waals surface area contributed by atoms with Crippen LogP contribution in [0.25, 0.3) is 6.08 Å². The van der Waals surface area contributed by atoms with Crippen LogP contribution in [-0.4, -0.2) is 56.0 Å². The normalized spacial score (nSPS) is 12.2. The number of methoxy groups -OCH3 is 2. The van der Waals surface area contributed by atoms with E-state index < -0.39 is 23.7 Å². The molecule has 0 aliphatic heterocycles. The Labute approximate surface area is 187 Å². The molecule has 0 bridgehead atoms. The first-order valence-electron chi connectivity index (χ1n) is 10.2. The lowest BCUT2D eigenvalue weighted by Crippen LogP contribution is -2.37. The van der Waals surface area contributed by atoms with Gasteiger partial charge in [0.1, 0.15) is 12.7 Å². The van der Waals surface area contributed by atoms with Gasteiger partial charge in [-0.3, -0.25) is 9.69 Å². The Morgan fingerprint density at radius 1 is 1.19 bits per heavy atom. The highest BCUT2D eigenvalue weighted by Crippen LogP contribution is 2.28. The highest BCUT2D eigenvalue weighted by molar-refractivity contribution is 5.69. The Balaban J connectivity index is 2.04.